The van der Waals surface area contributed by atoms with Crippen LogP contribution in [-0.4, -0.2) is 23.5 Å². The molecule has 1 aromatic rings. The second kappa shape index (κ2) is 3.90. The Morgan fingerprint density at radius 3 is 2.93 bits per heavy atom. The summed E-state index contributed by atoms with van der Waals surface area (Å²) in [6, 6.07) is 1.87. The summed E-state index contributed by atoms with van der Waals surface area (Å²) in [6.45, 7) is 2.51. The largest absolute Gasteiger partial charge is 0.326 e. The van der Waals surface area contributed by atoms with Crippen LogP contribution < -0.4 is 10.6 Å². The Labute approximate surface area is 96.6 Å². The van der Waals surface area contributed by atoms with Gasteiger partial charge < -0.3 is 5.73 Å². The quantitative estimate of drug-likeness (QED) is 0.834. The van der Waals surface area contributed by atoms with Crippen LogP contribution >= 0.6 is 15.9 Å². The minimum absolute atomic E-state index is 0.0413. The maximum Gasteiger partial charge on any atom is 0.229 e. The molecule has 1 atom stereocenters. The molecule has 4 nitrogen and oxygen atoms in total. The number of hydrogen-bond acceptors (Lipinski definition) is 3. The molecular formula is C10H12BrN3O. The summed E-state index contributed by atoms with van der Waals surface area (Å²) >= 11 is 3.41. The molecular weight excluding hydrogens is 258 g/mol. The molecule has 0 aliphatic carbocycles. The second-order valence-corrected chi connectivity index (χ2v) is 4.64. The van der Waals surface area contributed by atoms with Gasteiger partial charge in [-0.05, 0) is 34.5 Å². The predicted octanol–water partition coefficient (Wildman–Crippen LogP) is 1.22. The average Bonchev–Trinajstić information content (AvgIpc) is 2.45. The fourth-order valence-corrected chi connectivity index (χ4v) is 2.34. The zero-order valence-electron chi connectivity index (χ0n) is 8.40. The lowest BCUT2D eigenvalue weighted by molar-refractivity contribution is -0.117. The van der Waals surface area contributed by atoms with Crippen molar-refractivity contribution in [3.05, 3.63) is 22.3 Å². The summed E-state index contributed by atoms with van der Waals surface area (Å²) < 4.78 is 0.838. The first-order chi connectivity index (χ1) is 7.08. The van der Waals surface area contributed by atoms with E-state index in [0.717, 1.165) is 10.0 Å². The van der Waals surface area contributed by atoms with Gasteiger partial charge in [0.1, 0.15) is 5.82 Å². The van der Waals surface area contributed by atoms with E-state index in [2.05, 4.69) is 20.9 Å². The maximum absolute atomic E-state index is 11.6. The fraction of sp³-hybridized carbons (Fsp3) is 0.400. The highest BCUT2D eigenvalue weighted by molar-refractivity contribution is 9.10. The van der Waals surface area contributed by atoms with Gasteiger partial charge in [-0.3, -0.25) is 9.69 Å². The molecule has 0 spiro atoms. The van der Waals surface area contributed by atoms with Crippen LogP contribution in [0, 0.1) is 6.92 Å². The highest BCUT2D eigenvalue weighted by Gasteiger charge is 2.29. The second-order valence-electron chi connectivity index (χ2n) is 3.79. The number of hydrogen-bond donors (Lipinski definition) is 1. The van der Waals surface area contributed by atoms with Crippen LogP contribution in [0.2, 0.25) is 0 Å². The molecule has 0 saturated carbocycles. The molecule has 2 N–H and O–H groups in total. The topological polar surface area (TPSA) is 59.2 Å². The third-order valence-electron chi connectivity index (χ3n) is 2.37. The number of aromatic nitrogens is 1. The van der Waals surface area contributed by atoms with E-state index >= 15 is 0 Å². The number of nitrogens with two attached hydrogens (primary N) is 1. The van der Waals surface area contributed by atoms with Crippen molar-refractivity contribution >= 4 is 27.7 Å². The number of carbonyl (C=O) groups is 1. The minimum Gasteiger partial charge on any atom is -0.326 e. The van der Waals surface area contributed by atoms with E-state index in [-0.39, 0.29) is 11.9 Å². The van der Waals surface area contributed by atoms with Crippen molar-refractivity contribution in [3.8, 4) is 0 Å². The van der Waals surface area contributed by atoms with Crippen LogP contribution in [0.3, 0.4) is 0 Å². The molecule has 5 heteroatoms. The molecule has 1 aromatic heterocycles. The van der Waals surface area contributed by atoms with Gasteiger partial charge in [0.25, 0.3) is 0 Å². The number of carbonyl (C=O) groups excluding carboxylic acids is 1. The van der Waals surface area contributed by atoms with Gasteiger partial charge in [0.15, 0.2) is 0 Å². The molecule has 1 aliphatic heterocycles. The van der Waals surface area contributed by atoms with Gasteiger partial charge in [-0.2, -0.15) is 0 Å². The summed E-state index contributed by atoms with van der Waals surface area (Å²) in [5, 5.41) is 0. The van der Waals surface area contributed by atoms with Gasteiger partial charge in [-0.1, -0.05) is 0 Å². The van der Waals surface area contributed by atoms with Crippen molar-refractivity contribution in [2.45, 2.75) is 19.4 Å². The maximum atomic E-state index is 11.6. The Morgan fingerprint density at radius 1 is 1.67 bits per heavy atom. The molecule has 1 amide bonds. The average molecular weight is 270 g/mol. The number of halogens is 1. The molecule has 2 rings (SSSR count). The van der Waals surface area contributed by atoms with E-state index in [9.17, 15) is 4.79 Å². The highest BCUT2D eigenvalue weighted by Crippen LogP contribution is 2.27. The number of amides is 1. The van der Waals surface area contributed by atoms with Gasteiger partial charge in [-0.25, -0.2) is 4.98 Å². The molecule has 15 heavy (non-hydrogen) atoms. The molecule has 0 aromatic carbocycles. The third-order valence-corrected chi connectivity index (χ3v) is 2.95. The van der Waals surface area contributed by atoms with Gasteiger partial charge in [0.05, 0.1) is 4.47 Å². The fourth-order valence-electron chi connectivity index (χ4n) is 1.66. The Balaban J connectivity index is 2.34. The van der Waals surface area contributed by atoms with Crippen LogP contribution in [0.1, 0.15) is 12.0 Å². The lowest BCUT2D eigenvalue weighted by Crippen LogP contribution is -2.29. The van der Waals surface area contributed by atoms with Gasteiger partial charge >= 0.3 is 0 Å². The molecule has 0 radical (unpaired) electrons. The number of rotatable bonds is 1. The molecule has 0 bridgehead atoms. The highest BCUT2D eigenvalue weighted by atomic mass is 79.9. The van der Waals surface area contributed by atoms with Crippen LogP contribution in [0.15, 0.2) is 16.7 Å². The molecule has 80 valence electrons. The van der Waals surface area contributed by atoms with Gasteiger partial charge in [-0.15, -0.1) is 0 Å². The van der Waals surface area contributed by atoms with Gasteiger partial charge in [0.2, 0.25) is 5.91 Å². The first-order valence-corrected chi connectivity index (χ1v) is 5.55. The molecule has 1 saturated heterocycles. The first-order valence-electron chi connectivity index (χ1n) is 4.76. The zero-order valence-corrected chi connectivity index (χ0v) is 9.99. The lowest BCUT2D eigenvalue weighted by Gasteiger charge is -2.16. The predicted molar refractivity (Wildman–Crippen MR) is 61.6 cm³/mol. The van der Waals surface area contributed by atoms with Crippen LogP contribution in [0.4, 0.5) is 5.82 Å². The summed E-state index contributed by atoms with van der Waals surface area (Å²) in [5.41, 5.74) is 6.78. The Bertz CT molecular complexity index is 408. The van der Waals surface area contributed by atoms with E-state index in [1.807, 2.05) is 13.0 Å². The smallest absolute Gasteiger partial charge is 0.229 e. The van der Waals surface area contributed by atoms with E-state index in [4.69, 9.17) is 5.73 Å². The summed E-state index contributed by atoms with van der Waals surface area (Å²) in [4.78, 5) is 17.5. The molecule has 1 aliphatic rings. The van der Waals surface area contributed by atoms with Crippen LogP contribution in [0.5, 0.6) is 0 Å². The first kappa shape index (κ1) is 10.6. The minimum atomic E-state index is -0.0764. The SMILES string of the molecule is Cc1cnc(N2CC(N)CC2=O)c(Br)c1. The zero-order chi connectivity index (χ0) is 11.0. The summed E-state index contributed by atoms with van der Waals surface area (Å²) in [6.07, 6.45) is 2.15. The number of aryl methyl sites for hydroxylation is 1. The monoisotopic (exact) mass is 269 g/mol. The van der Waals surface area contributed by atoms with E-state index in [1.54, 1.807) is 11.1 Å². The lowest BCUT2D eigenvalue weighted by atomic mass is 10.3. The van der Waals surface area contributed by atoms with Crippen molar-refractivity contribution in [1.29, 1.82) is 0 Å². The molecule has 1 fully saturated rings. The van der Waals surface area contributed by atoms with Crippen molar-refractivity contribution < 1.29 is 4.79 Å². The van der Waals surface area contributed by atoms with Crippen LogP contribution in [0.25, 0.3) is 0 Å². The number of nitrogens with zero attached hydrogens (tertiary/aromatic N) is 2. The van der Waals surface area contributed by atoms with Crippen molar-refractivity contribution in [2.75, 3.05) is 11.4 Å². The summed E-state index contributed by atoms with van der Waals surface area (Å²) in [5.74, 6) is 0.707. The number of anilines is 1. The Kier molecular flexibility index (Phi) is 2.75. The Hall–Kier alpha value is -0.940. The van der Waals surface area contributed by atoms with Crippen LogP contribution in [-0.2, 0) is 4.79 Å². The normalized spacial score (nSPS) is 21.1. The summed E-state index contributed by atoms with van der Waals surface area (Å²) in [7, 11) is 0. The van der Waals surface area contributed by atoms with Crippen molar-refractivity contribution in [2.24, 2.45) is 5.73 Å². The number of pyridine rings is 1. The van der Waals surface area contributed by atoms with E-state index < -0.39 is 0 Å². The van der Waals surface area contributed by atoms with Gasteiger partial charge in [0, 0.05) is 25.2 Å². The third kappa shape index (κ3) is 2.03. The Morgan fingerprint density at radius 2 is 2.40 bits per heavy atom. The standard InChI is InChI=1S/C10H12BrN3O/c1-6-2-8(11)10(13-4-6)14-5-7(12)3-9(14)15/h2,4,7H,3,5,12H2,1H3. The molecule has 2 heterocycles. The van der Waals surface area contributed by atoms with Crippen molar-refractivity contribution in [3.63, 3.8) is 0 Å². The molecule has 1 unspecified atom stereocenters. The van der Waals surface area contributed by atoms with E-state index in [0.29, 0.717) is 18.8 Å². The van der Waals surface area contributed by atoms with E-state index in [1.165, 1.54) is 0 Å². The van der Waals surface area contributed by atoms with Crippen molar-refractivity contribution in [1.82, 2.24) is 4.98 Å².